The molecule has 2 rings (SSSR count). The first-order valence-corrected chi connectivity index (χ1v) is 5.97. The van der Waals surface area contributed by atoms with Crippen LogP contribution in [0.1, 0.15) is 23.2 Å². The molecule has 0 saturated carbocycles. The maximum absolute atomic E-state index is 12.0. The second-order valence-corrected chi connectivity index (χ2v) is 4.10. The standard InChI is InChI=1S/C12H12N4O5.ClH/c13-15-12(20)14-8-4-2-1-3-7(8)11(19)21-16-9(17)5-6-10(16)18;/h1-4H,5-6,13H2,(H2,14,15,20);1H. The lowest BCUT2D eigenvalue weighted by molar-refractivity contribution is -0.172. The van der Waals surface area contributed by atoms with Gasteiger partial charge >= 0.3 is 12.0 Å². The summed E-state index contributed by atoms with van der Waals surface area (Å²) >= 11 is 0. The van der Waals surface area contributed by atoms with Gasteiger partial charge in [-0.05, 0) is 12.1 Å². The number of amides is 4. The van der Waals surface area contributed by atoms with Crippen molar-refractivity contribution in [1.29, 1.82) is 0 Å². The first kappa shape index (κ1) is 17.4. The lowest BCUT2D eigenvalue weighted by atomic mass is 10.2. The van der Waals surface area contributed by atoms with Gasteiger partial charge in [-0.2, -0.15) is 0 Å². The van der Waals surface area contributed by atoms with Crippen molar-refractivity contribution in [2.45, 2.75) is 12.8 Å². The molecule has 1 aromatic carbocycles. The molecule has 4 N–H and O–H groups in total. The summed E-state index contributed by atoms with van der Waals surface area (Å²) in [5.41, 5.74) is 1.96. The van der Waals surface area contributed by atoms with Crippen LogP contribution in [0.25, 0.3) is 0 Å². The van der Waals surface area contributed by atoms with E-state index in [1.165, 1.54) is 18.2 Å². The van der Waals surface area contributed by atoms with Crippen LogP contribution in [0, 0.1) is 0 Å². The normalized spacial score (nSPS) is 13.4. The first-order chi connectivity index (χ1) is 10.0. The summed E-state index contributed by atoms with van der Waals surface area (Å²) in [4.78, 5) is 50.8. The number of carbonyl (C=O) groups excluding carboxylic acids is 4. The van der Waals surface area contributed by atoms with Crippen LogP contribution in [0.4, 0.5) is 10.5 Å². The van der Waals surface area contributed by atoms with Crippen LogP contribution in [0.3, 0.4) is 0 Å². The molecule has 0 unspecified atom stereocenters. The fourth-order valence-corrected chi connectivity index (χ4v) is 1.72. The van der Waals surface area contributed by atoms with Gasteiger partial charge in [0.2, 0.25) is 0 Å². The zero-order valence-corrected chi connectivity index (χ0v) is 12.0. The van der Waals surface area contributed by atoms with Crippen molar-refractivity contribution < 1.29 is 24.0 Å². The van der Waals surface area contributed by atoms with Crippen molar-refractivity contribution in [3.05, 3.63) is 29.8 Å². The highest BCUT2D eigenvalue weighted by Crippen LogP contribution is 2.19. The zero-order valence-electron chi connectivity index (χ0n) is 11.2. The Kier molecular flexibility index (Phi) is 5.84. The number of carbonyl (C=O) groups is 4. The molecule has 0 aromatic heterocycles. The number of imide groups is 1. The Balaban J connectivity index is 0.00000242. The summed E-state index contributed by atoms with van der Waals surface area (Å²) in [6.45, 7) is 0. The summed E-state index contributed by atoms with van der Waals surface area (Å²) in [6, 6.07) is 5.20. The van der Waals surface area contributed by atoms with Gasteiger partial charge < -0.3 is 10.2 Å². The van der Waals surface area contributed by atoms with E-state index in [9.17, 15) is 19.2 Å². The summed E-state index contributed by atoms with van der Waals surface area (Å²) in [6.07, 6.45) is 0.00315. The van der Waals surface area contributed by atoms with E-state index in [0.29, 0.717) is 5.06 Å². The molecule has 0 bridgehead atoms. The van der Waals surface area contributed by atoms with E-state index in [2.05, 4.69) is 5.32 Å². The fourth-order valence-electron chi connectivity index (χ4n) is 1.72. The predicted octanol–water partition coefficient (Wildman–Crippen LogP) is 0.324. The highest BCUT2D eigenvalue weighted by molar-refractivity contribution is 6.05. The van der Waals surface area contributed by atoms with Gasteiger partial charge in [-0.25, -0.2) is 15.4 Å². The van der Waals surface area contributed by atoms with Crippen molar-refractivity contribution in [2.24, 2.45) is 5.84 Å². The number of urea groups is 1. The minimum absolute atomic E-state index is 0. The van der Waals surface area contributed by atoms with Crippen molar-refractivity contribution in [3.8, 4) is 0 Å². The molecular weight excluding hydrogens is 316 g/mol. The first-order valence-electron chi connectivity index (χ1n) is 5.97. The molecule has 0 aliphatic carbocycles. The molecule has 1 saturated heterocycles. The molecule has 0 radical (unpaired) electrons. The van der Waals surface area contributed by atoms with Gasteiger partial charge in [-0.3, -0.25) is 15.0 Å². The third-order valence-electron chi connectivity index (χ3n) is 2.71. The van der Waals surface area contributed by atoms with Gasteiger partial charge in [0.25, 0.3) is 11.8 Å². The molecule has 1 aliphatic heterocycles. The number of hydrazine groups is 1. The molecule has 22 heavy (non-hydrogen) atoms. The number of hydroxylamine groups is 2. The summed E-state index contributed by atoms with van der Waals surface area (Å²) in [5, 5.41) is 2.76. The Hall–Kier alpha value is -2.65. The maximum Gasteiger partial charge on any atom is 0.366 e. The highest BCUT2D eigenvalue weighted by Gasteiger charge is 2.33. The zero-order chi connectivity index (χ0) is 15.4. The fraction of sp³-hybridized carbons (Fsp3) is 0.167. The number of nitrogens with zero attached hydrogens (tertiary/aromatic N) is 1. The SMILES string of the molecule is Cl.NNC(=O)Nc1ccccc1C(=O)ON1C(=O)CCC1=O. The van der Waals surface area contributed by atoms with E-state index < -0.39 is 23.8 Å². The number of nitrogens with two attached hydrogens (primary N) is 1. The number of para-hydroxylation sites is 1. The number of hydrogen-bond acceptors (Lipinski definition) is 6. The molecule has 0 spiro atoms. The van der Waals surface area contributed by atoms with Gasteiger partial charge in [-0.1, -0.05) is 12.1 Å². The number of rotatable bonds is 3. The average molecular weight is 329 g/mol. The average Bonchev–Trinajstić information content (AvgIpc) is 2.79. The Morgan fingerprint density at radius 3 is 2.32 bits per heavy atom. The van der Waals surface area contributed by atoms with Gasteiger partial charge in [0, 0.05) is 12.8 Å². The van der Waals surface area contributed by atoms with Gasteiger partial charge in [0.15, 0.2) is 0 Å². The van der Waals surface area contributed by atoms with Crippen LogP contribution in [0.2, 0.25) is 0 Å². The molecule has 1 aromatic rings. The van der Waals surface area contributed by atoms with Gasteiger partial charge in [-0.15, -0.1) is 17.5 Å². The quantitative estimate of drug-likeness (QED) is 0.317. The molecule has 4 amide bonds. The van der Waals surface area contributed by atoms with Crippen molar-refractivity contribution in [3.63, 3.8) is 0 Å². The molecule has 0 atom stereocenters. The van der Waals surface area contributed by atoms with E-state index in [0.717, 1.165) is 0 Å². The largest absolute Gasteiger partial charge is 0.366 e. The van der Waals surface area contributed by atoms with Crippen LogP contribution < -0.4 is 16.6 Å². The minimum Gasteiger partial charge on any atom is -0.325 e. The van der Waals surface area contributed by atoms with Crippen LogP contribution in [0.5, 0.6) is 0 Å². The lowest BCUT2D eigenvalue weighted by Gasteiger charge is -2.14. The number of nitrogens with one attached hydrogen (secondary N) is 2. The van der Waals surface area contributed by atoms with E-state index >= 15 is 0 Å². The number of hydrogen-bond donors (Lipinski definition) is 3. The number of benzene rings is 1. The van der Waals surface area contributed by atoms with Crippen LogP contribution in [-0.2, 0) is 14.4 Å². The number of anilines is 1. The van der Waals surface area contributed by atoms with E-state index in [4.69, 9.17) is 10.7 Å². The van der Waals surface area contributed by atoms with E-state index in [-0.39, 0.29) is 36.5 Å². The maximum atomic E-state index is 12.0. The smallest absolute Gasteiger partial charge is 0.325 e. The monoisotopic (exact) mass is 328 g/mol. The topological polar surface area (TPSA) is 131 Å². The molecule has 9 nitrogen and oxygen atoms in total. The second-order valence-electron chi connectivity index (χ2n) is 4.10. The molecule has 118 valence electrons. The van der Waals surface area contributed by atoms with Crippen molar-refractivity contribution in [2.75, 3.05) is 5.32 Å². The summed E-state index contributed by atoms with van der Waals surface area (Å²) < 4.78 is 0. The van der Waals surface area contributed by atoms with Crippen LogP contribution in [0.15, 0.2) is 24.3 Å². The Morgan fingerprint density at radius 1 is 1.14 bits per heavy atom. The van der Waals surface area contributed by atoms with Crippen molar-refractivity contribution in [1.82, 2.24) is 10.5 Å². The Morgan fingerprint density at radius 2 is 1.73 bits per heavy atom. The van der Waals surface area contributed by atoms with Gasteiger partial charge in [0.05, 0.1) is 11.3 Å². The predicted molar refractivity (Wildman–Crippen MR) is 76.5 cm³/mol. The number of halogens is 1. The minimum atomic E-state index is -0.938. The Bertz CT molecular complexity index is 605. The summed E-state index contributed by atoms with van der Waals surface area (Å²) in [5.74, 6) is 2.83. The van der Waals surface area contributed by atoms with E-state index in [1.54, 1.807) is 6.07 Å². The van der Waals surface area contributed by atoms with E-state index in [1.807, 2.05) is 5.43 Å². The van der Waals surface area contributed by atoms with Crippen LogP contribution in [-0.4, -0.2) is 28.9 Å². The summed E-state index contributed by atoms with van der Waals surface area (Å²) in [7, 11) is 0. The lowest BCUT2D eigenvalue weighted by Crippen LogP contribution is -2.35. The molecule has 1 fully saturated rings. The third-order valence-corrected chi connectivity index (χ3v) is 2.71. The van der Waals surface area contributed by atoms with Crippen LogP contribution >= 0.6 is 12.4 Å². The molecule has 10 heteroatoms. The highest BCUT2D eigenvalue weighted by atomic mass is 35.5. The second kappa shape index (κ2) is 7.38. The third kappa shape index (κ3) is 3.71. The molecule has 1 heterocycles. The molecular formula is C12H13ClN4O5. The van der Waals surface area contributed by atoms with Crippen molar-refractivity contribution >= 4 is 41.9 Å². The Labute approximate surface area is 131 Å². The molecule has 1 aliphatic rings. The van der Waals surface area contributed by atoms with Gasteiger partial charge in [0.1, 0.15) is 0 Å².